The molecule has 0 unspecified atom stereocenters. The number of hydrogen-bond donors (Lipinski definition) is 3. The van der Waals surface area contributed by atoms with Crippen molar-refractivity contribution in [1.82, 2.24) is 15.0 Å². The van der Waals surface area contributed by atoms with E-state index in [0.717, 1.165) is 16.8 Å². The zero-order valence-electron chi connectivity index (χ0n) is 15.5. The highest BCUT2D eigenvalue weighted by atomic mass is 35.5. The van der Waals surface area contributed by atoms with Crippen molar-refractivity contribution in [1.29, 1.82) is 0 Å². The SMILES string of the molecule is C=CC(=O)Nc1cc(C)ccc1Nc1nc(Nc2ccncc2C)ncc1Cl. The van der Waals surface area contributed by atoms with Gasteiger partial charge in [0.2, 0.25) is 11.9 Å². The summed E-state index contributed by atoms with van der Waals surface area (Å²) in [5.74, 6) is 0.478. The fourth-order valence-corrected chi connectivity index (χ4v) is 2.57. The Morgan fingerprint density at radius 2 is 1.93 bits per heavy atom. The van der Waals surface area contributed by atoms with Crippen LogP contribution in [0.4, 0.5) is 28.8 Å². The predicted molar refractivity (Wildman–Crippen MR) is 113 cm³/mol. The number of aromatic nitrogens is 3. The average Bonchev–Trinajstić information content (AvgIpc) is 2.68. The minimum Gasteiger partial charge on any atom is -0.337 e. The van der Waals surface area contributed by atoms with Crippen molar-refractivity contribution in [2.45, 2.75) is 13.8 Å². The van der Waals surface area contributed by atoms with E-state index in [1.807, 2.05) is 38.1 Å². The first-order valence-electron chi connectivity index (χ1n) is 8.47. The van der Waals surface area contributed by atoms with Gasteiger partial charge in [-0.1, -0.05) is 24.2 Å². The second-order valence-corrected chi connectivity index (χ2v) is 6.48. The molecule has 0 aliphatic carbocycles. The smallest absolute Gasteiger partial charge is 0.247 e. The Hall–Kier alpha value is -3.45. The highest BCUT2D eigenvalue weighted by Gasteiger charge is 2.11. The Morgan fingerprint density at radius 1 is 1.11 bits per heavy atom. The first-order chi connectivity index (χ1) is 13.5. The summed E-state index contributed by atoms with van der Waals surface area (Å²) in [5, 5.41) is 9.42. The quantitative estimate of drug-likeness (QED) is 0.522. The molecule has 0 bridgehead atoms. The summed E-state index contributed by atoms with van der Waals surface area (Å²) in [6, 6.07) is 7.44. The lowest BCUT2D eigenvalue weighted by atomic mass is 10.2. The van der Waals surface area contributed by atoms with E-state index < -0.39 is 0 Å². The summed E-state index contributed by atoms with van der Waals surface area (Å²) in [5.41, 5.74) is 4.04. The van der Waals surface area contributed by atoms with Gasteiger partial charge in [0.05, 0.1) is 17.6 Å². The molecule has 28 heavy (non-hydrogen) atoms. The maximum absolute atomic E-state index is 11.7. The molecular weight excluding hydrogens is 376 g/mol. The van der Waals surface area contributed by atoms with Crippen molar-refractivity contribution in [3.05, 3.63) is 71.7 Å². The van der Waals surface area contributed by atoms with Crippen LogP contribution in [0.15, 0.2) is 55.5 Å². The minimum absolute atomic E-state index is 0.307. The van der Waals surface area contributed by atoms with Gasteiger partial charge in [-0.25, -0.2) is 4.98 Å². The van der Waals surface area contributed by atoms with Crippen molar-refractivity contribution in [2.24, 2.45) is 0 Å². The van der Waals surface area contributed by atoms with Crippen LogP contribution in [-0.2, 0) is 4.79 Å². The normalized spacial score (nSPS) is 10.2. The van der Waals surface area contributed by atoms with E-state index in [-0.39, 0.29) is 5.91 Å². The van der Waals surface area contributed by atoms with Gasteiger partial charge in [-0.05, 0) is 49.2 Å². The molecule has 0 saturated heterocycles. The summed E-state index contributed by atoms with van der Waals surface area (Å²) in [4.78, 5) is 24.5. The van der Waals surface area contributed by atoms with Crippen molar-refractivity contribution in [3.8, 4) is 0 Å². The molecule has 0 fully saturated rings. The van der Waals surface area contributed by atoms with Crippen LogP contribution in [0.25, 0.3) is 0 Å². The van der Waals surface area contributed by atoms with E-state index in [1.54, 1.807) is 12.4 Å². The number of anilines is 5. The Labute approximate surface area is 167 Å². The van der Waals surface area contributed by atoms with E-state index in [1.165, 1.54) is 12.3 Å². The Bertz CT molecular complexity index is 1040. The third-order valence-corrected chi connectivity index (χ3v) is 4.16. The first kappa shape index (κ1) is 19.3. The highest BCUT2D eigenvalue weighted by Crippen LogP contribution is 2.30. The van der Waals surface area contributed by atoms with E-state index in [4.69, 9.17) is 11.6 Å². The topological polar surface area (TPSA) is 91.8 Å². The molecule has 0 atom stereocenters. The van der Waals surface area contributed by atoms with Gasteiger partial charge < -0.3 is 16.0 Å². The first-order valence-corrected chi connectivity index (χ1v) is 8.85. The molecule has 0 spiro atoms. The summed E-state index contributed by atoms with van der Waals surface area (Å²) < 4.78 is 0. The molecule has 3 N–H and O–H groups in total. The molecule has 7 nitrogen and oxygen atoms in total. The van der Waals surface area contributed by atoms with Gasteiger partial charge in [-0.3, -0.25) is 9.78 Å². The maximum Gasteiger partial charge on any atom is 0.247 e. The number of hydrogen-bond acceptors (Lipinski definition) is 6. The Kier molecular flexibility index (Phi) is 5.86. The third kappa shape index (κ3) is 4.63. The van der Waals surface area contributed by atoms with Crippen molar-refractivity contribution >= 4 is 46.3 Å². The van der Waals surface area contributed by atoms with Gasteiger partial charge in [-0.15, -0.1) is 0 Å². The number of amides is 1. The number of carbonyl (C=O) groups is 1. The predicted octanol–water partition coefficient (Wildman–Crippen LogP) is 4.75. The number of halogens is 1. The molecule has 2 aromatic heterocycles. The molecule has 8 heteroatoms. The van der Waals surface area contributed by atoms with E-state index in [9.17, 15) is 4.79 Å². The Balaban J connectivity index is 1.89. The number of benzene rings is 1. The van der Waals surface area contributed by atoms with E-state index in [0.29, 0.717) is 28.2 Å². The Morgan fingerprint density at radius 3 is 2.68 bits per heavy atom. The second-order valence-electron chi connectivity index (χ2n) is 6.07. The van der Waals surface area contributed by atoms with Gasteiger partial charge in [0, 0.05) is 18.1 Å². The zero-order valence-corrected chi connectivity index (χ0v) is 16.2. The van der Waals surface area contributed by atoms with Crippen LogP contribution in [0.5, 0.6) is 0 Å². The number of rotatable bonds is 6. The molecule has 2 heterocycles. The summed E-state index contributed by atoms with van der Waals surface area (Å²) in [7, 11) is 0. The van der Waals surface area contributed by atoms with Gasteiger partial charge in [0.15, 0.2) is 5.82 Å². The number of aryl methyl sites for hydroxylation is 2. The molecule has 0 saturated carbocycles. The molecule has 1 amide bonds. The molecule has 3 aromatic rings. The summed E-state index contributed by atoms with van der Waals surface area (Å²) in [6.45, 7) is 7.35. The van der Waals surface area contributed by atoms with Crippen LogP contribution in [0, 0.1) is 13.8 Å². The van der Waals surface area contributed by atoms with Crippen LogP contribution in [0.2, 0.25) is 5.02 Å². The van der Waals surface area contributed by atoms with Crippen molar-refractivity contribution in [3.63, 3.8) is 0 Å². The molecule has 0 aliphatic rings. The van der Waals surface area contributed by atoms with Crippen LogP contribution >= 0.6 is 11.6 Å². The zero-order chi connectivity index (χ0) is 20.1. The lowest BCUT2D eigenvalue weighted by Crippen LogP contribution is -2.10. The minimum atomic E-state index is -0.307. The van der Waals surface area contributed by atoms with Gasteiger partial charge >= 0.3 is 0 Å². The summed E-state index contributed by atoms with van der Waals surface area (Å²) in [6.07, 6.45) is 6.15. The molecule has 0 aliphatic heterocycles. The molecular formula is C20H19ClN6O. The average molecular weight is 395 g/mol. The molecule has 0 radical (unpaired) electrons. The van der Waals surface area contributed by atoms with Crippen LogP contribution in [0.1, 0.15) is 11.1 Å². The van der Waals surface area contributed by atoms with Crippen molar-refractivity contribution in [2.75, 3.05) is 16.0 Å². The molecule has 3 rings (SSSR count). The number of nitrogens with one attached hydrogen (secondary N) is 3. The largest absolute Gasteiger partial charge is 0.337 e. The maximum atomic E-state index is 11.7. The number of carbonyl (C=O) groups excluding carboxylic acids is 1. The van der Waals surface area contributed by atoms with Gasteiger partial charge in [-0.2, -0.15) is 4.98 Å². The van der Waals surface area contributed by atoms with Gasteiger partial charge in [0.1, 0.15) is 5.02 Å². The lowest BCUT2D eigenvalue weighted by molar-refractivity contribution is -0.111. The second kappa shape index (κ2) is 8.49. The van der Waals surface area contributed by atoms with Crippen LogP contribution in [-0.4, -0.2) is 20.9 Å². The molecule has 1 aromatic carbocycles. The number of pyridine rings is 1. The van der Waals surface area contributed by atoms with E-state index in [2.05, 4.69) is 37.5 Å². The van der Waals surface area contributed by atoms with Crippen LogP contribution in [0.3, 0.4) is 0 Å². The van der Waals surface area contributed by atoms with Crippen LogP contribution < -0.4 is 16.0 Å². The third-order valence-electron chi connectivity index (χ3n) is 3.88. The van der Waals surface area contributed by atoms with E-state index >= 15 is 0 Å². The summed E-state index contributed by atoms with van der Waals surface area (Å²) >= 11 is 6.27. The monoisotopic (exact) mass is 394 g/mol. The standard InChI is InChI=1S/C20H19ClN6O/c1-4-18(28)24-17-9-12(2)5-6-16(17)25-19-14(21)11-23-20(27-19)26-15-7-8-22-10-13(15)3/h4-11H,1H2,2-3H3,(H,24,28)(H2,22,23,25,26,27). The lowest BCUT2D eigenvalue weighted by Gasteiger charge is -2.15. The molecule has 142 valence electrons. The fraction of sp³-hybridized carbons (Fsp3) is 0.100. The number of nitrogens with zero attached hydrogens (tertiary/aromatic N) is 3. The highest BCUT2D eigenvalue weighted by molar-refractivity contribution is 6.33. The van der Waals surface area contributed by atoms with Crippen molar-refractivity contribution < 1.29 is 4.79 Å². The fourth-order valence-electron chi connectivity index (χ4n) is 2.43. The van der Waals surface area contributed by atoms with Gasteiger partial charge in [0.25, 0.3) is 0 Å².